The maximum Gasteiger partial charge on any atom is 0.341 e. The summed E-state index contributed by atoms with van der Waals surface area (Å²) < 4.78 is 14.3. The quantitative estimate of drug-likeness (QED) is 0.450. The van der Waals surface area contributed by atoms with Gasteiger partial charge in [0.2, 0.25) is 5.67 Å². The number of halogens is 1. The zero-order chi connectivity index (χ0) is 14.6. The molecule has 0 fully saturated rings. The maximum atomic E-state index is 14.3. The molecule has 1 atom stereocenters. The lowest BCUT2D eigenvalue weighted by Gasteiger charge is -2.20. The molecule has 0 aromatic heterocycles. The van der Waals surface area contributed by atoms with Gasteiger partial charge in [-0.05, 0) is 25.7 Å². The summed E-state index contributed by atoms with van der Waals surface area (Å²) in [5, 5.41) is 9.05. The first kappa shape index (κ1) is 18.4. The molecule has 0 aliphatic carbocycles. The number of alkyl halides is 1. The molecular weight excluding hydrogens is 243 g/mol. The molecule has 0 amide bonds. The Bertz CT molecular complexity index is 231. The van der Waals surface area contributed by atoms with Crippen LogP contribution < -0.4 is 0 Å². The van der Waals surface area contributed by atoms with Gasteiger partial charge in [-0.3, -0.25) is 0 Å². The summed E-state index contributed by atoms with van der Waals surface area (Å²) in [6.45, 7) is 4.25. The van der Waals surface area contributed by atoms with Crippen molar-refractivity contribution in [2.75, 3.05) is 0 Å². The minimum Gasteiger partial charge on any atom is -0.479 e. The van der Waals surface area contributed by atoms with Crippen molar-refractivity contribution in [1.29, 1.82) is 0 Å². The van der Waals surface area contributed by atoms with E-state index in [4.69, 9.17) is 5.11 Å². The maximum absolute atomic E-state index is 14.3. The van der Waals surface area contributed by atoms with Crippen LogP contribution in [0.5, 0.6) is 0 Å². The third-order valence-corrected chi connectivity index (χ3v) is 3.74. The number of aliphatic carboxylic acids is 1. The molecule has 0 aliphatic heterocycles. The monoisotopic (exact) mass is 274 g/mol. The van der Waals surface area contributed by atoms with E-state index in [1.54, 1.807) is 0 Å². The molecule has 114 valence electrons. The fraction of sp³-hybridized carbons (Fsp3) is 0.938. The minimum absolute atomic E-state index is 0.178. The van der Waals surface area contributed by atoms with Crippen LogP contribution in [0.1, 0.15) is 90.9 Å². The smallest absolute Gasteiger partial charge is 0.341 e. The summed E-state index contributed by atoms with van der Waals surface area (Å²) in [5.74, 6) is -1.27. The predicted molar refractivity (Wildman–Crippen MR) is 78.2 cm³/mol. The summed E-state index contributed by atoms with van der Waals surface area (Å²) in [6, 6.07) is 0. The zero-order valence-electron chi connectivity index (χ0n) is 12.7. The van der Waals surface area contributed by atoms with Crippen LogP contribution in [0, 0.1) is 0 Å². The number of hydrogen-bond donors (Lipinski definition) is 1. The Morgan fingerprint density at radius 3 is 1.63 bits per heavy atom. The molecule has 0 bridgehead atoms. The third-order valence-electron chi connectivity index (χ3n) is 3.74. The molecular formula is C16H31FO2. The van der Waals surface area contributed by atoms with Gasteiger partial charge in [0.1, 0.15) is 0 Å². The lowest BCUT2D eigenvalue weighted by molar-refractivity contribution is -0.152. The zero-order valence-corrected chi connectivity index (χ0v) is 12.7. The Hall–Kier alpha value is -0.600. The molecule has 2 nitrogen and oxygen atoms in total. The lowest BCUT2D eigenvalue weighted by atomic mass is 9.91. The van der Waals surface area contributed by atoms with E-state index in [9.17, 15) is 9.18 Å². The minimum atomic E-state index is -1.99. The highest BCUT2D eigenvalue weighted by Gasteiger charge is 2.37. The number of carbonyl (C=O) groups is 1. The Morgan fingerprint density at radius 1 is 0.842 bits per heavy atom. The second-order valence-corrected chi connectivity index (χ2v) is 5.60. The number of unbranched alkanes of at least 4 members (excludes halogenated alkanes) is 8. The first-order chi connectivity index (χ1) is 9.06. The molecule has 0 aromatic rings. The van der Waals surface area contributed by atoms with Gasteiger partial charge in [0.05, 0.1) is 0 Å². The van der Waals surface area contributed by atoms with E-state index in [2.05, 4.69) is 13.8 Å². The van der Waals surface area contributed by atoms with Gasteiger partial charge in [0.15, 0.2) is 0 Å². The highest BCUT2D eigenvalue weighted by Crippen LogP contribution is 2.27. The molecule has 1 N–H and O–H groups in total. The summed E-state index contributed by atoms with van der Waals surface area (Å²) >= 11 is 0. The van der Waals surface area contributed by atoms with Crippen LogP contribution in [0.3, 0.4) is 0 Å². The average molecular weight is 274 g/mol. The van der Waals surface area contributed by atoms with Crippen molar-refractivity contribution in [3.63, 3.8) is 0 Å². The van der Waals surface area contributed by atoms with Gasteiger partial charge in [-0.25, -0.2) is 9.18 Å². The number of rotatable bonds is 13. The van der Waals surface area contributed by atoms with Gasteiger partial charge in [0.25, 0.3) is 0 Å². The van der Waals surface area contributed by atoms with E-state index in [0.29, 0.717) is 12.8 Å². The fourth-order valence-corrected chi connectivity index (χ4v) is 2.36. The Labute approximate surface area is 117 Å². The van der Waals surface area contributed by atoms with Crippen molar-refractivity contribution >= 4 is 5.97 Å². The van der Waals surface area contributed by atoms with Crippen LogP contribution in [0.25, 0.3) is 0 Å². The van der Waals surface area contributed by atoms with Crippen molar-refractivity contribution in [3.05, 3.63) is 0 Å². The van der Waals surface area contributed by atoms with E-state index in [-0.39, 0.29) is 12.8 Å². The number of hydrogen-bond acceptors (Lipinski definition) is 1. The standard InChI is InChI=1S/C16H31FO2/c1-3-5-7-9-10-12-14-16(17,15(18)19)13-11-8-6-4-2/h3-14H2,1-2H3,(H,18,19). The molecule has 0 heterocycles. The first-order valence-electron chi connectivity index (χ1n) is 7.99. The first-order valence-corrected chi connectivity index (χ1v) is 7.99. The van der Waals surface area contributed by atoms with Crippen molar-refractivity contribution in [3.8, 4) is 0 Å². The molecule has 0 radical (unpaired) electrons. The second-order valence-electron chi connectivity index (χ2n) is 5.60. The van der Waals surface area contributed by atoms with Crippen LogP contribution in [-0.4, -0.2) is 16.7 Å². The van der Waals surface area contributed by atoms with Crippen molar-refractivity contribution in [2.45, 2.75) is 96.6 Å². The van der Waals surface area contributed by atoms with Crippen LogP contribution in [-0.2, 0) is 4.79 Å². The highest BCUT2D eigenvalue weighted by molar-refractivity contribution is 5.77. The summed E-state index contributed by atoms with van der Waals surface area (Å²) in [7, 11) is 0. The molecule has 0 rings (SSSR count). The molecule has 0 aromatic carbocycles. The molecule has 1 unspecified atom stereocenters. The Morgan fingerprint density at radius 2 is 1.21 bits per heavy atom. The Kier molecular flexibility index (Phi) is 10.9. The second kappa shape index (κ2) is 11.2. The van der Waals surface area contributed by atoms with Crippen LogP contribution in [0.2, 0.25) is 0 Å². The van der Waals surface area contributed by atoms with E-state index < -0.39 is 11.6 Å². The topological polar surface area (TPSA) is 37.3 Å². The fourth-order valence-electron chi connectivity index (χ4n) is 2.36. The van der Waals surface area contributed by atoms with Gasteiger partial charge < -0.3 is 5.11 Å². The average Bonchev–Trinajstić information content (AvgIpc) is 2.38. The van der Waals surface area contributed by atoms with E-state index in [0.717, 1.165) is 32.1 Å². The Balaban J connectivity index is 3.85. The van der Waals surface area contributed by atoms with E-state index in [1.807, 2.05) is 0 Å². The van der Waals surface area contributed by atoms with Crippen molar-refractivity contribution in [1.82, 2.24) is 0 Å². The molecule has 0 saturated heterocycles. The van der Waals surface area contributed by atoms with Crippen molar-refractivity contribution in [2.24, 2.45) is 0 Å². The predicted octanol–water partition coefficient (Wildman–Crippen LogP) is 5.50. The lowest BCUT2D eigenvalue weighted by Crippen LogP contribution is -2.33. The third kappa shape index (κ3) is 9.01. The van der Waals surface area contributed by atoms with Gasteiger partial charge in [-0.1, -0.05) is 65.2 Å². The molecule has 19 heavy (non-hydrogen) atoms. The van der Waals surface area contributed by atoms with Crippen LogP contribution in [0.15, 0.2) is 0 Å². The van der Waals surface area contributed by atoms with E-state index in [1.165, 1.54) is 19.3 Å². The van der Waals surface area contributed by atoms with Gasteiger partial charge >= 0.3 is 5.97 Å². The highest BCUT2D eigenvalue weighted by atomic mass is 19.1. The van der Waals surface area contributed by atoms with Gasteiger partial charge in [-0.15, -0.1) is 0 Å². The summed E-state index contributed by atoms with van der Waals surface area (Å²) in [4.78, 5) is 11.1. The molecule has 0 saturated carbocycles. The van der Waals surface area contributed by atoms with Crippen LogP contribution in [0.4, 0.5) is 4.39 Å². The number of carboxylic acid groups (broad SMARTS) is 1. The molecule has 0 aliphatic rings. The van der Waals surface area contributed by atoms with Crippen molar-refractivity contribution < 1.29 is 14.3 Å². The number of carboxylic acids is 1. The molecule has 0 spiro atoms. The SMILES string of the molecule is CCCCCCCCC(F)(CCCCCC)C(=O)O. The normalized spacial score (nSPS) is 14.3. The largest absolute Gasteiger partial charge is 0.479 e. The molecule has 3 heteroatoms. The van der Waals surface area contributed by atoms with Gasteiger partial charge in [-0.2, -0.15) is 0 Å². The summed E-state index contributed by atoms with van der Waals surface area (Å²) in [6.07, 6.45) is 10.5. The van der Waals surface area contributed by atoms with E-state index >= 15 is 0 Å². The van der Waals surface area contributed by atoms with Gasteiger partial charge in [0, 0.05) is 0 Å². The van der Waals surface area contributed by atoms with Crippen LogP contribution >= 0.6 is 0 Å². The summed E-state index contributed by atoms with van der Waals surface area (Å²) in [5.41, 5.74) is -1.99.